The number of benzene rings is 2. The zero-order valence-corrected chi connectivity index (χ0v) is 15.9. The van der Waals surface area contributed by atoms with Gasteiger partial charge in [-0.2, -0.15) is 0 Å². The van der Waals surface area contributed by atoms with E-state index in [2.05, 4.69) is 59.1 Å². The van der Waals surface area contributed by atoms with Crippen molar-refractivity contribution in [1.29, 1.82) is 0 Å². The minimum absolute atomic E-state index is 0.141. The Morgan fingerprint density at radius 2 is 1.67 bits per heavy atom. The maximum absolute atomic E-state index is 12.9. The highest BCUT2D eigenvalue weighted by Crippen LogP contribution is 2.23. The molecular weight excluding hydrogens is 336 g/mol. The van der Waals surface area contributed by atoms with Gasteiger partial charge in [0.05, 0.1) is 0 Å². The van der Waals surface area contributed by atoms with Gasteiger partial charge in [0.15, 0.2) is 0 Å². The lowest BCUT2D eigenvalue weighted by atomic mass is 10.0. The van der Waals surface area contributed by atoms with E-state index in [9.17, 15) is 4.79 Å². The van der Waals surface area contributed by atoms with E-state index >= 15 is 0 Å². The number of hydrazine groups is 1. The summed E-state index contributed by atoms with van der Waals surface area (Å²) in [5.41, 5.74) is 10.4. The molecule has 142 valence electrons. The molecule has 2 aliphatic rings. The second-order valence-electron chi connectivity index (χ2n) is 7.57. The number of aryl methyl sites for hydroxylation is 1. The summed E-state index contributed by atoms with van der Waals surface area (Å²) in [7, 11) is 0. The van der Waals surface area contributed by atoms with Crippen LogP contribution in [0.5, 0.6) is 0 Å². The lowest BCUT2D eigenvalue weighted by Crippen LogP contribution is -2.53. The molecule has 27 heavy (non-hydrogen) atoms. The molecule has 0 spiro atoms. The Morgan fingerprint density at radius 1 is 0.963 bits per heavy atom. The van der Waals surface area contributed by atoms with Crippen molar-refractivity contribution in [3.05, 3.63) is 71.3 Å². The van der Waals surface area contributed by atoms with Gasteiger partial charge in [0, 0.05) is 38.8 Å². The highest BCUT2D eigenvalue weighted by Gasteiger charge is 2.34. The Bertz CT molecular complexity index is 771. The Balaban J connectivity index is 1.28. The topological polar surface area (TPSA) is 47.6 Å². The van der Waals surface area contributed by atoms with Crippen LogP contribution in [0.4, 0.5) is 0 Å². The highest BCUT2D eigenvalue weighted by molar-refractivity contribution is 5.82. The summed E-state index contributed by atoms with van der Waals surface area (Å²) in [5, 5.41) is 0. The van der Waals surface area contributed by atoms with E-state index in [1.54, 1.807) is 0 Å². The number of nitrogens with one attached hydrogen (secondary N) is 2. The van der Waals surface area contributed by atoms with Gasteiger partial charge in [0.2, 0.25) is 5.91 Å². The number of piperazine rings is 1. The van der Waals surface area contributed by atoms with E-state index in [4.69, 9.17) is 0 Å². The number of rotatable bonds is 4. The van der Waals surface area contributed by atoms with Crippen molar-refractivity contribution in [2.75, 3.05) is 26.2 Å². The average Bonchev–Trinajstić information content (AvgIpc) is 3.21. The predicted molar refractivity (Wildman–Crippen MR) is 107 cm³/mol. The van der Waals surface area contributed by atoms with Crippen LogP contribution in [0.3, 0.4) is 0 Å². The second-order valence-corrected chi connectivity index (χ2v) is 7.57. The van der Waals surface area contributed by atoms with Crippen LogP contribution in [0.1, 0.15) is 29.2 Å². The summed E-state index contributed by atoms with van der Waals surface area (Å²) in [6.45, 7) is 6.60. The van der Waals surface area contributed by atoms with Gasteiger partial charge in [0.1, 0.15) is 6.04 Å². The summed E-state index contributed by atoms with van der Waals surface area (Å²) in [6, 6.07) is 18.9. The lowest BCUT2D eigenvalue weighted by molar-refractivity contribution is -0.135. The minimum Gasteiger partial charge on any atom is -0.339 e. The molecule has 4 rings (SSSR count). The molecular formula is C22H28N4O. The fourth-order valence-corrected chi connectivity index (χ4v) is 4.00. The fourth-order valence-electron chi connectivity index (χ4n) is 4.00. The van der Waals surface area contributed by atoms with Crippen LogP contribution < -0.4 is 10.9 Å². The van der Waals surface area contributed by atoms with Crippen LogP contribution in [-0.4, -0.2) is 47.9 Å². The van der Waals surface area contributed by atoms with Gasteiger partial charge in [-0.05, 0) is 30.0 Å². The summed E-state index contributed by atoms with van der Waals surface area (Å²) in [6.07, 6.45) is 0.798. The molecule has 2 N–H and O–H groups in total. The van der Waals surface area contributed by atoms with Crippen LogP contribution in [-0.2, 0) is 11.3 Å². The van der Waals surface area contributed by atoms with Crippen molar-refractivity contribution in [2.45, 2.75) is 32.0 Å². The molecule has 2 saturated heterocycles. The first-order valence-electron chi connectivity index (χ1n) is 9.82. The van der Waals surface area contributed by atoms with Crippen LogP contribution in [0, 0.1) is 6.92 Å². The monoisotopic (exact) mass is 364 g/mol. The first-order chi connectivity index (χ1) is 13.2. The Labute approximate surface area is 161 Å². The third-order valence-corrected chi connectivity index (χ3v) is 5.74. The molecule has 2 unspecified atom stereocenters. The standard InChI is InChI=1S/C22H28N4O/c1-17-7-5-6-10-19(17)16-25-11-13-26(14-12-25)22(27)21-15-20(23-24-21)18-8-3-2-4-9-18/h2-10,20-21,23-24H,11-16H2,1H3. The molecule has 2 fully saturated rings. The number of hydrogen-bond donors (Lipinski definition) is 2. The molecule has 0 bridgehead atoms. The number of amides is 1. The van der Waals surface area contributed by atoms with Gasteiger partial charge in [-0.1, -0.05) is 54.6 Å². The maximum atomic E-state index is 12.9. The van der Waals surface area contributed by atoms with Crippen LogP contribution in [0.25, 0.3) is 0 Å². The molecule has 1 amide bonds. The van der Waals surface area contributed by atoms with Gasteiger partial charge in [-0.3, -0.25) is 9.69 Å². The highest BCUT2D eigenvalue weighted by atomic mass is 16.2. The molecule has 2 aliphatic heterocycles. The lowest BCUT2D eigenvalue weighted by Gasteiger charge is -2.36. The van der Waals surface area contributed by atoms with Crippen LogP contribution in [0.2, 0.25) is 0 Å². The maximum Gasteiger partial charge on any atom is 0.241 e. The van der Waals surface area contributed by atoms with Gasteiger partial charge < -0.3 is 4.90 Å². The predicted octanol–water partition coefficient (Wildman–Crippen LogP) is 2.25. The summed E-state index contributed by atoms with van der Waals surface area (Å²) < 4.78 is 0. The van der Waals surface area contributed by atoms with Crippen molar-refractivity contribution < 1.29 is 4.79 Å². The molecule has 0 aromatic heterocycles. The van der Waals surface area contributed by atoms with Crippen molar-refractivity contribution in [3.8, 4) is 0 Å². The largest absolute Gasteiger partial charge is 0.339 e. The zero-order chi connectivity index (χ0) is 18.6. The number of carbonyl (C=O) groups excluding carboxylic acids is 1. The minimum atomic E-state index is -0.141. The number of nitrogens with zero attached hydrogens (tertiary/aromatic N) is 2. The molecule has 2 heterocycles. The summed E-state index contributed by atoms with van der Waals surface area (Å²) >= 11 is 0. The van der Waals surface area contributed by atoms with Crippen molar-refractivity contribution in [3.63, 3.8) is 0 Å². The van der Waals surface area contributed by atoms with Crippen molar-refractivity contribution >= 4 is 5.91 Å². The van der Waals surface area contributed by atoms with Crippen molar-refractivity contribution in [2.24, 2.45) is 0 Å². The first-order valence-corrected chi connectivity index (χ1v) is 9.82. The number of hydrogen-bond acceptors (Lipinski definition) is 4. The van der Waals surface area contributed by atoms with E-state index in [1.165, 1.54) is 16.7 Å². The Morgan fingerprint density at radius 3 is 2.41 bits per heavy atom. The first kappa shape index (κ1) is 18.2. The normalized spacial score (nSPS) is 23.5. The molecule has 2 atom stereocenters. The quantitative estimate of drug-likeness (QED) is 0.874. The van der Waals surface area contributed by atoms with E-state index in [1.807, 2.05) is 23.1 Å². The zero-order valence-electron chi connectivity index (χ0n) is 15.9. The SMILES string of the molecule is Cc1ccccc1CN1CCN(C(=O)C2CC(c3ccccc3)NN2)CC1. The van der Waals surface area contributed by atoms with Crippen LogP contribution >= 0.6 is 0 Å². The van der Waals surface area contributed by atoms with E-state index in [-0.39, 0.29) is 18.0 Å². The summed E-state index contributed by atoms with van der Waals surface area (Å²) in [5.74, 6) is 0.219. The molecule has 5 nitrogen and oxygen atoms in total. The third-order valence-electron chi connectivity index (χ3n) is 5.74. The molecule has 2 aromatic rings. The van der Waals surface area contributed by atoms with Gasteiger partial charge in [-0.15, -0.1) is 0 Å². The fraction of sp³-hybridized carbons (Fsp3) is 0.409. The van der Waals surface area contributed by atoms with E-state index < -0.39 is 0 Å². The molecule has 0 saturated carbocycles. The van der Waals surface area contributed by atoms with E-state index in [0.29, 0.717) is 0 Å². The van der Waals surface area contributed by atoms with E-state index in [0.717, 1.165) is 39.1 Å². The van der Waals surface area contributed by atoms with Gasteiger partial charge >= 0.3 is 0 Å². The second kappa shape index (κ2) is 8.21. The summed E-state index contributed by atoms with van der Waals surface area (Å²) in [4.78, 5) is 17.4. The Kier molecular flexibility index (Phi) is 5.53. The molecule has 0 radical (unpaired) electrons. The number of carbonyl (C=O) groups is 1. The molecule has 0 aliphatic carbocycles. The van der Waals surface area contributed by atoms with Crippen LogP contribution in [0.15, 0.2) is 54.6 Å². The Hall–Kier alpha value is -2.21. The molecule has 5 heteroatoms. The molecule has 2 aromatic carbocycles. The third kappa shape index (κ3) is 4.21. The van der Waals surface area contributed by atoms with Gasteiger partial charge in [-0.25, -0.2) is 10.9 Å². The van der Waals surface area contributed by atoms with Crippen molar-refractivity contribution in [1.82, 2.24) is 20.7 Å². The van der Waals surface area contributed by atoms with Gasteiger partial charge in [0.25, 0.3) is 0 Å². The smallest absolute Gasteiger partial charge is 0.241 e. The average molecular weight is 364 g/mol.